The Labute approximate surface area is 185 Å². The predicted octanol–water partition coefficient (Wildman–Crippen LogP) is 3.35. The first-order valence-corrected chi connectivity index (χ1v) is 10.7. The number of guanidine groups is 1. The average molecular weight is 510 g/mol. The lowest BCUT2D eigenvalue weighted by Crippen LogP contribution is -2.47. The van der Waals surface area contributed by atoms with Crippen LogP contribution in [0.5, 0.6) is 0 Å². The largest absolute Gasteiger partial charge is 0.385 e. The summed E-state index contributed by atoms with van der Waals surface area (Å²) in [4.78, 5) is 11.8. The van der Waals surface area contributed by atoms with Gasteiger partial charge < -0.3 is 19.7 Å². The third kappa shape index (κ3) is 9.06. The smallest absolute Gasteiger partial charge is 0.193 e. The van der Waals surface area contributed by atoms with Crippen LogP contribution in [0.3, 0.4) is 0 Å². The van der Waals surface area contributed by atoms with E-state index in [4.69, 9.17) is 14.5 Å². The van der Waals surface area contributed by atoms with Gasteiger partial charge in [-0.15, -0.1) is 35.3 Å². The van der Waals surface area contributed by atoms with Crippen LogP contribution in [-0.4, -0.2) is 68.4 Å². The SMILES string of the molecule is CCNC(=NCCc1csc(CC)n1)N1CCC(OCCCOC)CC1.I. The van der Waals surface area contributed by atoms with Gasteiger partial charge in [0.1, 0.15) is 0 Å². The molecule has 1 aromatic heterocycles. The Balaban J connectivity index is 0.00000364. The van der Waals surface area contributed by atoms with E-state index < -0.39 is 0 Å². The monoisotopic (exact) mass is 510 g/mol. The number of thiazole rings is 1. The van der Waals surface area contributed by atoms with E-state index in [0.717, 1.165) is 83.2 Å². The standard InChI is InChI=1S/C19H34N4O2S.HI/c1-4-18-22-16(15-26-18)7-10-21-19(20-5-2)23-11-8-17(9-12-23)25-14-6-13-24-3;/h15,17H,4-14H2,1-3H3,(H,20,21);1H. The molecule has 0 aromatic carbocycles. The van der Waals surface area contributed by atoms with Crippen LogP contribution in [-0.2, 0) is 22.3 Å². The fourth-order valence-electron chi connectivity index (χ4n) is 3.02. The summed E-state index contributed by atoms with van der Waals surface area (Å²) in [5.41, 5.74) is 1.16. The van der Waals surface area contributed by atoms with E-state index in [9.17, 15) is 0 Å². The van der Waals surface area contributed by atoms with Gasteiger partial charge in [0.2, 0.25) is 0 Å². The molecule has 1 aliphatic rings. The van der Waals surface area contributed by atoms with Crippen LogP contribution in [0.15, 0.2) is 10.4 Å². The van der Waals surface area contributed by atoms with E-state index in [2.05, 4.69) is 34.4 Å². The van der Waals surface area contributed by atoms with Gasteiger partial charge in [0.15, 0.2) is 5.96 Å². The zero-order chi connectivity index (χ0) is 18.6. The van der Waals surface area contributed by atoms with Crippen LogP contribution in [0.2, 0.25) is 0 Å². The van der Waals surface area contributed by atoms with Crippen molar-refractivity contribution in [1.82, 2.24) is 15.2 Å². The maximum atomic E-state index is 5.95. The van der Waals surface area contributed by atoms with Gasteiger partial charge in [0, 0.05) is 58.3 Å². The fraction of sp³-hybridized carbons (Fsp3) is 0.789. The number of nitrogens with one attached hydrogen (secondary N) is 1. The van der Waals surface area contributed by atoms with Gasteiger partial charge >= 0.3 is 0 Å². The van der Waals surface area contributed by atoms with E-state index in [0.29, 0.717) is 6.10 Å². The molecule has 1 aliphatic heterocycles. The Morgan fingerprint density at radius 2 is 2.11 bits per heavy atom. The minimum atomic E-state index is 0. The van der Waals surface area contributed by atoms with E-state index in [-0.39, 0.29) is 24.0 Å². The van der Waals surface area contributed by atoms with Gasteiger partial charge in [0.25, 0.3) is 0 Å². The van der Waals surface area contributed by atoms with Crippen LogP contribution < -0.4 is 5.32 Å². The lowest BCUT2D eigenvalue weighted by Gasteiger charge is -2.34. The molecular formula is C19H35IN4O2S. The van der Waals surface area contributed by atoms with Crippen molar-refractivity contribution in [2.75, 3.05) is 46.5 Å². The van der Waals surface area contributed by atoms with E-state index >= 15 is 0 Å². The van der Waals surface area contributed by atoms with Crippen LogP contribution in [0.4, 0.5) is 0 Å². The molecule has 0 unspecified atom stereocenters. The molecule has 1 aromatic rings. The first-order chi connectivity index (χ1) is 12.8. The van der Waals surface area contributed by atoms with Gasteiger partial charge in [-0.1, -0.05) is 6.92 Å². The molecule has 1 fully saturated rings. The number of aryl methyl sites for hydroxylation is 1. The fourth-order valence-corrected chi connectivity index (χ4v) is 3.80. The van der Waals surface area contributed by atoms with Crippen molar-refractivity contribution >= 4 is 41.3 Å². The first kappa shape index (κ1) is 24.6. The van der Waals surface area contributed by atoms with Crippen molar-refractivity contribution in [3.8, 4) is 0 Å². The molecule has 156 valence electrons. The number of ether oxygens (including phenoxy) is 2. The number of rotatable bonds is 10. The third-order valence-corrected chi connectivity index (χ3v) is 5.50. The summed E-state index contributed by atoms with van der Waals surface area (Å²) in [5.74, 6) is 1.02. The Hall–Kier alpha value is -0.450. The Bertz CT molecular complexity index is 534. The highest BCUT2D eigenvalue weighted by Gasteiger charge is 2.21. The number of halogens is 1. The normalized spacial score (nSPS) is 15.7. The highest BCUT2D eigenvalue weighted by molar-refractivity contribution is 14.0. The number of methoxy groups -OCH3 is 1. The minimum Gasteiger partial charge on any atom is -0.385 e. The topological polar surface area (TPSA) is 59.0 Å². The summed E-state index contributed by atoms with van der Waals surface area (Å²) in [6, 6.07) is 0. The van der Waals surface area contributed by atoms with Crippen molar-refractivity contribution < 1.29 is 9.47 Å². The second-order valence-corrected chi connectivity index (χ2v) is 7.42. The Kier molecular flexibility index (Phi) is 13.2. The van der Waals surface area contributed by atoms with Gasteiger partial charge in [-0.2, -0.15) is 0 Å². The van der Waals surface area contributed by atoms with Crippen molar-refractivity contribution in [2.45, 2.75) is 52.1 Å². The minimum absolute atomic E-state index is 0. The van der Waals surface area contributed by atoms with E-state index in [1.54, 1.807) is 18.4 Å². The average Bonchev–Trinajstić information content (AvgIpc) is 3.13. The summed E-state index contributed by atoms with van der Waals surface area (Å²) in [6.07, 6.45) is 5.38. The highest BCUT2D eigenvalue weighted by Crippen LogP contribution is 2.15. The zero-order valence-corrected chi connectivity index (χ0v) is 20.1. The molecule has 1 saturated heterocycles. The van der Waals surface area contributed by atoms with Crippen LogP contribution in [0.1, 0.15) is 43.8 Å². The number of nitrogens with zero attached hydrogens (tertiary/aromatic N) is 3. The summed E-state index contributed by atoms with van der Waals surface area (Å²) in [5, 5.41) is 6.80. The Morgan fingerprint density at radius 3 is 2.74 bits per heavy atom. The van der Waals surface area contributed by atoms with E-state index in [1.165, 1.54) is 5.01 Å². The maximum absolute atomic E-state index is 5.95. The summed E-state index contributed by atoms with van der Waals surface area (Å²) < 4.78 is 11.0. The lowest BCUT2D eigenvalue weighted by molar-refractivity contribution is 0.00991. The second kappa shape index (κ2) is 14.5. The molecule has 0 bridgehead atoms. The summed E-state index contributed by atoms with van der Waals surface area (Å²) >= 11 is 1.75. The predicted molar refractivity (Wildman–Crippen MR) is 124 cm³/mol. The molecule has 0 radical (unpaired) electrons. The van der Waals surface area contributed by atoms with Crippen molar-refractivity contribution in [1.29, 1.82) is 0 Å². The molecule has 0 amide bonds. The molecule has 8 heteroatoms. The van der Waals surface area contributed by atoms with Crippen molar-refractivity contribution in [3.05, 3.63) is 16.1 Å². The van der Waals surface area contributed by atoms with Crippen molar-refractivity contribution in [2.24, 2.45) is 4.99 Å². The number of hydrogen-bond donors (Lipinski definition) is 1. The number of likely N-dealkylation sites (tertiary alicyclic amines) is 1. The van der Waals surface area contributed by atoms with Gasteiger partial charge in [-0.25, -0.2) is 4.98 Å². The zero-order valence-electron chi connectivity index (χ0n) is 16.9. The summed E-state index contributed by atoms with van der Waals surface area (Å²) in [6.45, 7) is 9.50. The molecule has 0 spiro atoms. The van der Waals surface area contributed by atoms with Crippen LogP contribution >= 0.6 is 35.3 Å². The van der Waals surface area contributed by atoms with Crippen LogP contribution in [0.25, 0.3) is 0 Å². The van der Waals surface area contributed by atoms with Crippen LogP contribution in [0, 0.1) is 0 Å². The van der Waals surface area contributed by atoms with Gasteiger partial charge in [-0.3, -0.25) is 4.99 Å². The number of piperidine rings is 1. The van der Waals surface area contributed by atoms with Crippen molar-refractivity contribution in [3.63, 3.8) is 0 Å². The second-order valence-electron chi connectivity index (χ2n) is 6.48. The molecule has 0 atom stereocenters. The lowest BCUT2D eigenvalue weighted by atomic mass is 10.1. The quantitative estimate of drug-likeness (QED) is 0.227. The molecule has 27 heavy (non-hydrogen) atoms. The molecule has 0 aliphatic carbocycles. The van der Waals surface area contributed by atoms with Gasteiger partial charge in [-0.05, 0) is 32.6 Å². The van der Waals surface area contributed by atoms with E-state index in [1.807, 2.05) is 0 Å². The third-order valence-electron chi connectivity index (χ3n) is 4.45. The number of aromatic nitrogens is 1. The molecule has 1 N–H and O–H groups in total. The maximum Gasteiger partial charge on any atom is 0.193 e. The molecule has 2 rings (SSSR count). The summed E-state index contributed by atoms with van der Waals surface area (Å²) in [7, 11) is 1.73. The number of hydrogen-bond acceptors (Lipinski definition) is 5. The number of aliphatic imine (C=N–C) groups is 1. The molecule has 6 nitrogen and oxygen atoms in total. The van der Waals surface area contributed by atoms with Gasteiger partial charge in [0.05, 0.1) is 16.8 Å². The molecular weight excluding hydrogens is 475 g/mol. The molecule has 0 saturated carbocycles. The molecule has 2 heterocycles. The Morgan fingerprint density at radius 1 is 1.33 bits per heavy atom. The highest BCUT2D eigenvalue weighted by atomic mass is 127. The first-order valence-electron chi connectivity index (χ1n) is 9.83.